The molecule has 2 heterocycles. The zero-order valence-corrected chi connectivity index (χ0v) is 12.0. The molecule has 1 N–H and O–H groups in total. The summed E-state index contributed by atoms with van der Waals surface area (Å²) in [6, 6.07) is 3.78. The van der Waals surface area contributed by atoms with Crippen molar-refractivity contribution in [1.82, 2.24) is 14.5 Å². The summed E-state index contributed by atoms with van der Waals surface area (Å²) in [7, 11) is 0. The summed E-state index contributed by atoms with van der Waals surface area (Å²) in [5.41, 5.74) is 2.43. The Morgan fingerprint density at radius 1 is 1.38 bits per heavy atom. The second-order valence-electron chi connectivity index (χ2n) is 4.88. The van der Waals surface area contributed by atoms with Gasteiger partial charge in [0.1, 0.15) is 0 Å². The first-order valence-electron chi connectivity index (χ1n) is 6.66. The molecule has 0 aromatic carbocycles. The maximum Gasteiger partial charge on any atom is 0.347 e. The Kier molecular flexibility index (Phi) is 4.47. The van der Waals surface area contributed by atoms with E-state index in [1.807, 2.05) is 12.1 Å². The summed E-state index contributed by atoms with van der Waals surface area (Å²) in [4.78, 5) is 30.9. The molecular weight excluding hydrogens is 270 g/mol. The quantitative estimate of drug-likeness (QED) is 0.891. The number of carboxylic acid groups (broad SMARTS) is 1. The average Bonchev–Trinajstić information content (AvgIpc) is 2.44. The average molecular weight is 287 g/mol. The van der Waals surface area contributed by atoms with Gasteiger partial charge in [0.2, 0.25) is 0 Å². The Morgan fingerprint density at radius 3 is 2.76 bits per heavy atom. The number of aliphatic carboxylic acids is 1. The molecule has 6 heteroatoms. The normalized spacial score (nSPS) is 10.6. The largest absolute Gasteiger partial charge is 0.481 e. The summed E-state index contributed by atoms with van der Waals surface area (Å²) in [5.74, 6) is -0.930. The van der Waals surface area contributed by atoms with E-state index in [0.717, 1.165) is 5.56 Å². The van der Waals surface area contributed by atoms with Crippen LogP contribution in [0.25, 0.3) is 0 Å². The van der Waals surface area contributed by atoms with Gasteiger partial charge in [-0.25, -0.2) is 4.79 Å². The predicted molar refractivity (Wildman–Crippen MR) is 77.3 cm³/mol. The fourth-order valence-electron chi connectivity index (χ4n) is 2.30. The molecule has 0 unspecified atom stereocenters. The first-order valence-corrected chi connectivity index (χ1v) is 6.66. The van der Waals surface area contributed by atoms with Crippen LogP contribution >= 0.6 is 0 Å². The number of hydrogen-bond acceptors (Lipinski definition) is 4. The minimum Gasteiger partial charge on any atom is -0.481 e. The van der Waals surface area contributed by atoms with Crippen molar-refractivity contribution >= 4 is 5.97 Å². The van der Waals surface area contributed by atoms with Crippen LogP contribution in [-0.4, -0.2) is 25.6 Å². The van der Waals surface area contributed by atoms with Gasteiger partial charge >= 0.3 is 11.7 Å². The number of carboxylic acids is 1. The maximum atomic E-state index is 12.0. The van der Waals surface area contributed by atoms with E-state index in [1.165, 1.54) is 4.57 Å². The van der Waals surface area contributed by atoms with Crippen LogP contribution in [0.5, 0.6) is 0 Å². The van der Waals surface area contributed by atoms with Gasteiger partial charge in [-0.2, -0.15) is 4.98 Å². The predicted octanol–water partition coefficient (Wildman–Crippen LogP) is 1.12. The summed E-state index contributed by atoms with van der Waals surface area (Å²) in [5, 5.41) is 8.96. The van der Waals surface area contributed by atoms with Crippen LogP contribution in [0.3, 0.4) is 0 Å². The highest BCUT2D eigenvalue weighted by atomic mass is 16.4. The van der Waals surface area contributed by atoms with Crippen molar-refractivity contribution in [2.75, 3.05) is 0 Å². The van der Waals surface area contributed by atoms with Gasteiger partial charge in [-0.05, 0) is 31.9 Å². The van der Waals surface area contributed by atoms with Gasteiger partial charge < -0.3 is 5.11 Å². The maximum absolute atomic E-state index is 12.0. The molecule has 2 rings (SSSR count). The van der Waals surface area contributed by atoms with E-state index in [1.54, 1.807) is 26.2 Å². The standard InChI is InChI=1S/C15H17N3O3/c1-10-13(8-14(19)20)11(2)18(15(21)17-10)7-5-12-4-3-6-16-9-12/h3-4,6,9H,5,7-8H2,1-2H3,(H,19,20). The van der Waals surface area contributed by atoms with Gasteiger partial charge in [-0.1, -0.05) is 6.07 Å². The highest BCUT2D eigenvalue weighted by molar-refractivity contribution is 5.70. The molecule has 2 aromatic rings. The summed E-state index contributed by atoms with van der Waals surface area (Å²) in [6.45, 7) is 3.88. The molecule has 0 aliphatic rings. The molecule has 6 nitrogen and oxygen atoms in total. The zero-order valence-electron chi connectivity index (χ0n) is 12.0. The van der Waals surface area contributed by atoms with E-state index < -0.39 is 5.97 Å². The van der Waals surface area contributed by atoms with Crippen molar-refractivity contribution in [2.24, 2.45) is 0 Å². The van der Waals surface area contributed by atoms with Crippen LogP contribution in [-0.2, 0) is 24.2 Å². The van der Waals surface area contributed by atoms with E-state index in [-0.39, 0.29) is 12.1 Å². The van der Waals surface area contributed by atoms with E-state index in [0.29, 0.717) is 29.9 Å². The molecule has 0 saturated heterocycles. The van der Waals surface area contributed by atoms with Crippen LogP contribution < -0.4 is 5.69 Å². The minimum absolute atomic E-state index is 0.127. The summed E-state index contributed by atoms with van der Waals surface area (Å²) >= 11 is 0. The summed E-state index contributed by atoms with van der Waals surface area (Å²) in [6.07, 6.45) is 3.96. The lowest BCUT2D eigenvalue weighted by Crippen LogP contribution is -2.29. The SMILES string of the molecule is Cc1nc(=O)n(CCc2cccnc2)c(C)c1CC(=O)O. The Balaban J connectivity index is 2.30. The number of rotatable bonds is 5. The number of aromatic nitrogens is 3. The van der Waals surface area contributed by atoms with Crippen molar-refractivity contribution in [3.63, 3.8) is 0 Å². The molecule has 2 aromatic heterocycles. The lowest BCUT2D eigenvalue weighted by molar-refractivity contribution is -0.136. The van der Waals surface area contributed by atoms with Gasteiger partial charge in [0.15, 0.2) is 0 Å². The number of hydrogen-bond donors (Lipinski definition) is 1. The van der Waals surface area contributed by atoms with Gasteiger partial charge in [-0.15, -0.1) is 0 Å². The monoisotopic (exact) mass is 287 g/mol. The third-order valence-electron chi connectivity index (χ3n) is 3.45. The highest BCUT2D eigenvalue weighted by Crippen LogP contribution is 2.11. The van der Waals surface area contributed by atoms with Crippen LogP contribution in [0, 0.1) is 13.8 Å². The Morgan fingerprint density at radius 2 is 2.14 bits per heavy atom. The van der Waals surface area contributed by atoms with E-state index >= 15 is 0 Å². The number of pyridine rings is 1. The van der Waals surface area contributed by atoms with Crippen LogP contribution in [0.4, 0.5) is 0 Å². The number of carbonyl (C=O) groups is 1. The lowest BCUT2D eigenvalue weighted by Gasteiger charge is -2.14. The Hall–Kier alpha value is -2.50. The fraction of sp³-hybridized carbons (Fsp3) is 0.333. The number of aryl methyl sites for hydroxylation is 2. The molecule has 21 heavy (non-hydrogen) atoms. The molecule has 0 aliphatic carbocycles. The van der Waals surface area contributed by atoms with Gasteiger partial charge in [0, 0.05) is 35.9 Å². The van der Waals surface area contributed by atoms with Gasteiger partial charge in [-0.3, -0.25) is 14.3 Å². The van der Waals surface area contributed by atoms with E-state index in [4.69, 9.17) is 5.11 Å². The fourth-order valence-corrected chi connectivity index (χ4v) is 2.30. The van der Waals surface area contributed by atoms with Gasteiger partial charge in [0.25, 0.3) is 0 Å². The molecular formula is C15H17N3O3. The van der Waals surface area contributed by atoms with E-state index in [2.05, 4.69) is 9.97 Å². The molecule has 0 aliphatic heterocycles. The van der Waals surface area contributed by atoms with Crippen LogP contribution in [0.2, 0.25) is 0 Å². The zero-order chi connectivity index (χ0) is 15.4. The molecule has 0 radical (unpaired) electrons. The van der Waals surface area contributed by atoms with E-state index in [9.17, 15) is 9.59 Å². The molecule has 0 spiro atoms. The molecule has 0 bridgehead atoms. The van der Waals surface area contributed by atoms with Crippen molar-refractivity contribution < 1.29 is 9.90 Å². The minimum atomic E-state index is -0.930. The molecule has 0 fully saturated rings. The van der Waals surface area contributed by atoms with Crippen molar-refractivity contribution in [2.45, 2.75) is 33.2 Å². The molecule has 0 saturated carbocycles. The molecule has 0 amide bonds. The molecule has 0 atom stereocenters. The van der Waals surface area contributed by atoms with Crippen molar-refractivity contribution in [3.8, 4) is 0 Å². The first kappa shape index (κ1) is 14.9. The first-order chi connectivity index (χ1) is 9.99. The number of nitrogens with zero attached hydrogens (tertiary/aromatic N) is 3. The van der Waals surface area contributed by atoms with Crippen LogP contribution in [0.1, 0.15) is 22.5 Å². The van der Waals surface area contributed by atoms with Gasteiger partial charge in [0.05, 0.1) is 6.42 Å². The van der Waals surface area contributed by atoms with Crippen molar-refractivity contribution in [3.05, 3.63) is 57.5 Å². The smallest absolute Gasteiger partial charge is 0.347 e. The Bertz CT molecular complexity index is 708. The molecule has 110 valence electrons. The van der Waals surface area contributed by atoms with Crippen molar-refractivity contribution in [1.29, 1.82) is 0 Å². The lowest BCUT2D eigenvalue weighted by atomic mass is 10.1. The van der Waals surface area contributed by atoms with Crippen LogP contribution in [0.15, 0.2) is 29.3 Å². The second kappa shape index (κ2) is 6.30. The third-order valence-corrected chi connectivity index (χ3v) is 3.45. The summed E-state index contributed by atoms with van der Waals surface area (Å²) < 4.78 is 1.53. The Labute approximate surface area is 122 Å². The second-order valence-corrected chi connectivity index (χ2v) is 4.88. The highest BCUT2D eigenvalue weighted by Gasteiger charge is 2.14. The third kappa shape index (κ3) is 3.53. The topological polar surface area (TPSA) is 85.1 Å².